The van der Waals surface area contributed by atoms with Crippen LogP contribution in [0.25, 0.3) is 0 Å². The van der Waals surface area contributed by atoms with Crippen LogP contribution in [-0.2, 0) is 4.79 Å². The molecule has 1 heteroatoms. The van der Waals surface area contributed by atoms with E-state index in [2.05, 4.69) is 6.92 Å². The highest BCUT2D eigenvalue weighted by Crippen LogP contribution is 2.59. The van der Waals surface area contributed by atoms with Gasteiger partial charge in [-0.2, -0.15) is 0 Å². The van der Waals surface area contributed by atoms with Gasteiger partial charge >= 0.3 is 0 Å². The van der Waals surface area contributed by atoms with E-state index in [0.717, 1.165) is 24.7 Å². The summed E-state index contributed by atoms with van der Waals surface area (Å²) in [6.45, 7) is 2.54. The molecule has 0 heterocycles. The summed E-state index contributed by atoms with van der Waals surface area (Å²) >= 11 is 0. The van der Waals surface area contributed by atoms with Gasteiger partial charge in [-0.05, 0) is 79.4 Å². The lowest BCUT2D eigenvalue weighted by atomic mass is 9.58. The zero-order valence-corrected chi connectivity index (χ0v) is 12.0. The van der Waals surface area contributed by atoms with Gasteiger partial charge in [-0.1, -0.05) is 18.9 Å². The van der Waals surface area contributed by atoms with Gasteiger partial charge in [0, 0.05) is 6.42 Å². The first-order valence-corrected chi connectivity index (χ1v) is 8.13. The van der Waals surface area contributed by atoms with Crippen LogP contribution < -0.4 is 0 Å². The minimum Gasteiger partial charge on any atom is -0.295 e. The molecule has 0 aromatic rings. The fourth-order valence-electron chi connectivity index (χ4n) is 5.52. The molecule has 0 spiro atoms. The largest absolute Gasteiger partial charge is 0.295 e. The van der Waals surface area contributed by atoms with Crippen molar-refractivity contribution in [3.8, 4) is 0 Å². The van der Waals surface area contributed by atoms with Gasteiger partial charge in [-0.3, -0.25) is 4.79 Å². The van der Waals surface area contributed by atoms with Crippen molar-refractivity contribution in [2.75, 3.05) is 0 Å². The van der Waals surface area contributed by atoms with E-state index in [0.29, 0.717) is 11.2 Å². The Labute approximate surface area is 116 Å². The Hall–Kier alpha value is -0.850. The molecule has 4 aliphatic rings. The summed E-state index contributed by atoms with van der Waals surface area (Å²) in [6, 6.07) is 0. The average molecular weight is 256 g/mol. The number of rotatable bonds is 0. The van der Waals surface area contributed by atoms with Crippen LogP contribution in [-0.4, -0.2) is 5.78 Å². The fraction of sp³-hybridized carbons (Fsp3) is 0.722. The first kappa shape index (κ1) is 11.9. The first-order chi connectivity index (χ1) is 9.17. The molecule has 3 atom stereocenters. The lowest BCUT2D eigenvalue weighted by Gasteiger charge is -2.47. The third-order valence-corrected chi connectivity index (χ3v) is 6.51. The first-order valence-electron chi connectivity index (χ1n) is 8.13. The molecule has 0 aliphatic heterocycles. The topological polar surface area (TPSA) is 17.1 Å². The molecule has 0 N–H and O–H groups in total. The Bertz CT molecular complexity index is 496. The van der Waals surface area contributed by atoms with Crippen LogP contribution in [0, 0.1) is 17.3 Å². The molecule has 0 aromatic carbocycles. The highest BCUT2D eigenvalue weighted by Gasteiger charge is 2.48. The summed E-state index contributed by atoms with van der Waals surface area (Å²) in [7, 11) is 0. The molecule has 2 saturated carbocycles. The Morgan fingerprint density at radius 1 is 1.11 bits per heavy atom. The molecule has 0 radical (unpaired) electrons. The Balaban J connectivity index is 1.75. The number of hydrogen-bond donors (Lipinski definition) is 0. The van der Waals surface area contributed by atoms with Crippen molar-refractivity contribution in [2.45, 2.75) is 64.7 Å². The Morgan fingerprint density at radius 2 is 2.00 bits per heavy atom. The zero-order chi connectivity index (χ0) is 13.0. The number of carbonyl (C=O) groups is 1. The summed E-state index contributed by atoms with van der Waals surface area (Å²) in [5.41, 5.74) is 5.43. The van der Waals surface area contributed by atoms with Gasteiger partial charge in [0.2, 0.25) is 0 Å². The molecule has 102 valence electrons. The van der Waals surface area contributed by atoms with E-state index in [4.69, 9.17) is 0 Å². The van der Waals surface area contributed by atoms with Gasteiger partial charge < -0.3 is 0 Å². The van der Waals surface area contributed by atoms with E-state index in [1.807, 2.05) is 6.08 Å². The summed E-state index contributed by atoms with van der Waals surface area (Å²) < 4.78 is 0. The second-order valence-corrected chi connectivity index (χ2v) is 7.44. The second kappa shape index (κ2) is 4.07. The minimum absolute atomic E-state index is 0.360. The van der Waals surface area contributed by atoms with Crippen molar-refractivity contribution in [1.82, 2.24) is 0 Å². The van der Waals surface area contributed by atoms with Crippen LogP contribution in [0.4, 0.5) is 0 Å². The van der Waals surface area contributed by atoms with Gasteiger partial charge in [0.25, 0.3) is 0 Å². The quantitative estimate of drug-likeness (QED) is 0.620. The lowest BCUT2D eigenvalue weighted by Crippen LogP contribution is -2.36. The third-order valence-electron chi connectivity index (χ3n) is 6.51. The lowest BCUT2D eigenvalue weighted by molar-refractivity contribution is -0.114. The number of ketones is 1. The summed E-state index contributed by atoms with van der Waals surface area (Å²) in [6.07, 6.45) is 13.3. The SMILES string of the molecule is C[C@]12CCCC1C1CCC3=CC(=O)CCC3=C1CC2. The van der Waals surface area contributed by atoms with E-state index in [1.165, 1.54) is 50.5 Å². The minimum atomic E-state index is 0.360. The summed E-state index contributed by atoms with van der Waals surface area (Å²) in [5.74, 6) is 2.17. The van der Waals surface area contributed by atoms with Gasteiger partial charge in [0.05, 0.1) is 0 Å². The van der Waals surface area contributed by atoms with E-state index in [1.54, 1.807) is 11.1 Å². The highest BCUT2D eigenvalue weighted by molar-refractivity contribution is 5.93. The molecule has 0 aromatic heterocycles. The van der Waals surface area contributed by atoms with E-state index < -0.39 is 0 Å². The summed E-state index contributed by atoms with van der Waals surface area (Å²) in [5, 5.41) is 0. The molecular weight excluding hydrogens is 232 g/mol. The van der Waals surface area contributed by atoms with Crippen molar-refractivity contribution >= 4 is 5.78 Å². The van der Waals surface area contributed by atoms with Crippen LogP contribution in [0.1, 0.15) is 64.7 Å². The maximum absolute atomic E-state index is 11.6. The maximum atomic E-state index is 11.6. The number of hydrogen-bond acceptors (Lipinski definition) is 1. The molecular formula is C18H24O. The maximum Gasteiger partial charge on any atom is 0.156 e. The molecule has 0 bridgehead atoms. The molecule has 2 unspecified atom stereocenters. The van der Waals surface area contributed by atoms with Crippen LogP contribution in [0.2, 0.25) is 0 Å². The van der Waals surface area contributed by atoms with Gasteiger partial charge in [0.15, 0.2) is 5.78 Å². The number of allylic oxidation sites excluding steroid dienone is 4. The fourth-order valence-corrected chi connectivity index (χ4v) is 5.52. The van der Waals surface area contributed by atoms with Gasteiger partial charge in [-0.15, -0.1) is 0 Å². The monoisotopic (exact) mass is 256 g/mol. The number of fused-ring (bicyclic) bond motifs is 4. The van der Waals surface area contributed by atoms with Crippen LogP contribution in [0.5, 0.6) is 0 Å². The third kappa shape index (κ3) is 1.70. The normalized spacial score (nSPS) is 41.5. The zero-order valence-electron chi connectivity index (χ0n) is 12.0. The average Bonchev–Trinajstić information content (AvgIpc) is 2.79. The summed E-state index contributed by atoms with van der Waals surface area (Å²) in [4.78, 5) is 11.6. The smallest absolute Gasteiger partial charge is 0.156 e. The van der Waals surface area contributed by atoms with E-state index >= 15 is 0 Å². The predicted molar refractivity (Wildman–Crippen MR) is 76.8 cm³/mol. The van der Waals surface area contributed by atoms with E-state index in [-0.39, 0.29) is 0 Å². The molecule has 19 heavy (non-hydrogen) atoms. The Morgan fingerprint density at radius 3 is 2.89 bits per heavy atom. The van der Waals surface area contributed by atoms with Crippen LogP contribution in [0.3, 0.4) is 0 Å². The van der Waals surface area contributed by atoms with Gasteiger partial charge in [-0.25, -0.2) is 0 Å². The molecule has 2 fully saturated rings. The standard InChI is InChI=1S/C18H24O/c1-18-9-2-3-17(18)16-6-4-12-11-13(19)5-7-14(12)15(16)8-10-18/h11,16-17H,2-10H2,1H3/t16?,17?,18-/m1/s1. The Kier molecular flexibility index (Phi) is 2.56. The molecule has 0 amide bonds. The van der Waals surface area contributed by atoms with Crippen molar-refractivity contribution in [3.05, 3.63) is 22.8 Å². The van der Waals surface area contributed by atoms with Crippen molar-refractivity contribution in [3.63, 3.8) is 0 Å². The van der Waals surface area contributed by atoms with Crippen LogP contribution >= 0.6 is 0 Å². The predicted octanol–water partition coefficient (Wildman–Crippen LogP) is 4.58. The number of carbonyl (C=O) groups excluding carboxylic acids is 1. The molecule has 4 aliphatic carbocycles. The van der Waals surface area contributed by atoms with Crippen molar-refractivity contribution in [2.24, 2.45) is 17.3 Å². The van der Waals surface area contributed by atoms with E-state index in [9.17, 15) is 4.79 Å². The van der Waals surface area contributed by atoms with Crippen molar-refractivity contribution in [1.29, 1.82) is 0 Å². The van der Waals surface area contributed by atoms with Gasteiger partial charge in [0.1, 0.15) is 0 Å². The molecule has 0 saturated heterocycles. The molecule has 1 nitrogen and oxygen atoms in total. The highest BCUT2D eigenvalue weighted by atomic mass is 16.1. The van der Waals surface area contributed by atoms with Crippen LogP contribution in [0.15, 0.2) is 22.8 Å². The van der Waals surface area contributed by atoms with Crippen molar-refractivity contribution < 1.29 is 4.79 Å². The molecule has 4 rings (SSSR count). The second-order valence-electron chi connectivity index (χ2n) is 7.44.